The first-order valence-corrected chi connectivity index (χ1v) is 11.3. The van der Waals surface area contributed by atoms with Crippen molar-refractivity contribution in [2.24, 2.45) is 5.92 Å². The number of aromatic amines is 1. The molecule has 0 unspecified atom stereocenters. The molecule has 2 N–H and O–H groups in total. The highest BCUT2D eigenvalue weighted by Gasteiger charge is 2.29. The van der Waals surface area contributed by atoms with E-state index in [2.05, 4.69) is 53.3 Å². The Morgan fingerprint density at radius 1 is 1.26 bits per heavy atom. The van der Waals surface area contributed by atoms with Crippen molar-refractivity contribution in [2.45, 2.75) is 46.2 Å². The SMILES string of the molecule is CCNC(=O)c1ccc([C@@H]2C[C@H](C)CCN2Cc2c(OC)cc(C)c3[nH]ccc23)cc1. The first kappa shape index (κ1) is 21.4. The monoisotopic (exact) mass is 419 g/mol. The zero-order chi connectivity index (χ0) is 22.0. The third kappa shape index (κ3) is 4.33. The van der Waals surface area contributed by atoms with Crippen LogP contribution >= 0.6 is 0 Å². The topological polar surface area (TPSA) is 57.4 Å². The number of H-pyrrole nitrogens is 1. The molecular formula is C26H33N3O2. The normalized spacial score (nSPS) is 19.5. The fourth-order valence-electron chi connectivity index (χ4n) is 4.83. The molecule has 1 aliphatic heterocycles. The van der Waals surface area contributed by atoms with Crippen molar-refractivity contribution in [1.82, 2.24) is 15.2 Å². The van der Waals surface area contributed by atoms with Crippen LogP contribution in [0.5, 0.6) is 5.75 Å². The molecule has 164 valence electrons. The number of methoxy groups -OCH3 is 1. The van der Waals surface area contributed by atoms with Gasteiger partial charge in [0.05, 0.1) is 7.11 Å². The summed E-state index contributed by atoms with van der Waals surface area (Å²) in [5.41, 5.74) is 5.61. The van der Waals surface area contributed by atoms with Crippen LogP contribution in [0.4, 0.5) is 0 Å². The van der Waals surface area contributed by atoms with Gasteiger partial charge in [0, 0.05) is 47.4 Å². The molecule has 31 heavy (non-hydrogen) atoms. The Hall–Kier alpha value is -2.79. The Bertz CT molecular complexity index is 1050. The standard InChI is InChI=1S/C26H33N3O2/c1-5-27-26(30)20-8-6-19(7-9-20)23-14-17(2)11-13-29(23)16-22-21-10-12-28-25(21)18(3)15-24(22)31-4/h6-10,12,15,17,23,28H,5,11,13-14,16H2,1-4H3,(H,27,30)/t17-,23+/m1/s1. The molecule has 0 saturated carbocycles. The molecule has 5 heteroatoms. The number of carbonyl (C=O) groups is 1. The van der Waals surface area contributed by atoms with Gasteiger partial charge in [-0.1, -0.05) is 19.1 Å². The number of hydrogen-bond donors (Lipinski definition) is 2. The highest BCUT2D eigenvalue weighted by molar-refractivity contribution is 5.94. The molecule has 0 aliphatic carbocycles. The van der Waals surface area contributed by atoms with Crippen LogP contribution < -0.4 is 10.1 Å². The number of aryl methyl sites for hydroxylation is 1. The fourth-order valence-corrected chi connectivity index (χ4v) is 4.83. The molecule has 4 rings (SSSR count). The molecule has 0 spiro atoms. The molecule has 3 aromatic rings. The van der Waals surface area contributed by atoms with Crippen LogP contribution in [-0.4, -0.2) is 36.0 Å². The Labute approximate surface area is 184 Å². The third-order valence-electron chi connectivity index (χ3n) is 6.56. The lowest BCUT2D eigenvalue weighted by Crippen LogP contribution is -2.36. The van der Waals surface area contributed by atoms with E-state index in [1.165, 1.54) is 34.0 Å². The van der Waals surface area contributed by atoms with Gasteiger partial charge in [-0.3, -0.25) is 9.69 Å². The minimum Gasteiger partial charge on any atom is -0.496 e. The van der Waals surface area contributed by atoms with Crippen molar-refractivity contribution >= 4 is 16.8 Å². The first-order valence-electron chi connectivity index (χ1n) is 11.3. The van der Waals surface area contributed by atoms with Crippen molar-refractivity contribution in [1.29, 1.82) is 0 Å². The number of carbonyl (C=O) groups excluding carboxylic acids is 1. The van der Waals surface area contributed by atoms with Crippen LogP contribution in [0.25, 0.3) is 10.9 Å². The van der Waals surface area contributed by atoms with Crippen molar-refractivity contribution in [3.05, 3.63) is 64.8 Å². The van der Waals surface area contributed by atoms with E-state index in [4.69, 9.17) is 4.74 Å². The summed E-state index contributed by atoms with van der Waals surface area (Å²) in [6.07, 6.45) is 4.32. The summed E-state index contributed by atoms with van der Waals surface area (Å²) in [5.74, 6) is 1.62. The molecule has 0 radical (unpaired) electrons. The van der Waals surface area contributed by atoms with Crippen LogP contribution in [0.15, 0.2) is 42.6 Å². The molecule has 1 amide bonds. The second kappa shape index (κ2) is 9.15. The molecule has 1 saturated heterocycles. The summed E-state index contributed by atoms with van der Waals surface area (Å²) in [6, 6.07) is 12.8. The number of amides is 1. The predicted octanol–water partition coefficient (Wildman–Crippen LogP) is 5.21. The third-order valence-corrected chi connectivity index (χ3v) is 6.56. The molecule has 1 aromatic heterocycles. The van der Waals surface area contributed by atoms with Gasteiger partial charge < -0.3 is 15.0 Å². The molecule has 1 aliphatic rings. The molecular weight excluding hydrogens is 386 g/mol. The zero-order valence-electron chi connectivity index (χ0n) is 19.0. The number of nitrogens with one attached hydrogen (secondary N) is 2. The number of fused-ring (bicyclic) bond motifs is 1. The van der Waals surface area contributed by atoms with Gasteiger partial charge in [0.25, 0.3) is 5.91 Å². The minimum atomic E-state index is -0.0119. The van der Waals surface area contributed by atoms with Crippen molar-refractivity contribution in [3.8, 4) is 5.75 Å². The largest absolute Gasteiger partial charge is 0.496 e. The average Bonchev–Trinajstić information content (AvgIpc) is 3.27. The van der Waals surface area contributed by atoms with E-state index < -0.39 is 0 Å². The summed E-state index contributed by atoms with van der Waals surface area (Å²) in [6.45, 7) is 8.92. The van der Waals surface area contributed by atoms with Crippen molar-refractivity contribution in [3.63, 3.8) is 0 Å². The Morgan fingerprint density at radius 3 is 2.74 bits per heavy atom. The average molecular weight is 420 g/mol. The van der Waals surface area contributed by atoms with Crippen LogP contribution in [0, 0.1) is 12.8 Å². The van der Waals surface area contributed by atoms with Crippen LogP contribution in [0.2, 0.25) is 0 Å². The van der Waals surface area contributed by atoms with Gasteiger partial charge in [0.15, 0.2) is 0 Å². The maximum absolute atomic E-state index is 12.1. The number of likely N-dealkylation sites (tertiary alicyclic amines) is 1. The minimum absolute atomic E-state index is 0.0119. The number of ether oxygens (including phenoxy) is 1. The summed E-state index contributed by atoms with van der Waals surface area (Å²) in [4.78, 5) is 18.1. The van der Waals surface area contributed by atoms with E-state index in [0.29, 0.717) is 18.5 Å². The Kier molecular flexibility index (Phi) is 6.33. The number of piperidine rings is 1. The number of benzene rings is 2. The lowest BCUT2D eigenvalue weighted by molar-refractivity contribution is 0.0955. The second-order valence-electron chi connectivity index (χ2n) is 8.74. The Balaban J connectivity index is 1.65. The predicted molar refractivity (Wildman–Crippen MR) is 126 cm³/mol. The molecule has 1 fully saturated rings. The smallest absolute Gasteiger partial charge is 0.251 e. The first-order chi connectivity index (χ1) is 15.0. The van der Waals surface area contributed by atoms with E-state index in [9.17, 15) is 4.79 Å². The molecule has 2 atom stereocenters. The molecule has 2 heterocycles. The van der Waals surface area contributed by atoms with Crippen molar-refractivity contribution in [2.75, 3.05) is 20.2 Å². The van der Waals surface area contributed by atoms with Crippen LogP contribution in [-0.2, 0) is 6.54 Å². The number of hydrogen-bond acceptors (Lipinski definition) is 3. The summed E-state index contributed by atoms with van der Waals surface area (Å²) in [5, 5.41) is 4.11. The van der Waals surface area contributed by atoms with E-state index in [-0.39, 0.29) is 5.91 Å². The lowest BCUT2D eigenvalue weighted by Gasteiger charge is -2.39. The number of aromatic nitrogens is 1. The van der Waals surface area contributed by atoms with Gasteiger partial charge in [-0.15, -0.1) is 0 Å². The summed E-state index contributed by atoms with van der Waals surface area (Å²) >= 11 is 0. The number of nitrogens with zero attached hydrogens (tertiary/aromatic N) is 1. The van der Waals surface area contributed by atoms with Gasteiger partial charge >= 0.3 is 0 Å². The second-order valence-corrected chi connectivity index (χ2v) is 8.74. The van der Waals surface area contributed by atoms with E-state index >= 15 is 0 Å². The highest BCUT2D eigenvalue weighted by Crippen LogP contribution is 2.38. The van der Waals surface area contributed by atoms with Gasteiger partial charge in [-0.2, -0.15) is 0 Å². The number of rotatable bonds is 6. The van der Waals surface area contributed by atoms with Gasteiger partial charge in [-0.25, -0.2) is 0 Å². The van der Waals surface area contributed by atoms with Crippen molar-refractivity contribution < 1.29 is 9.53 Å². The molecule has 5 nitrogen and oxygen atoms in total. The van der Waals surface area contributed by atoms with Crippen LogP contribution in [0.3, 0.4) is 0 Å². The zero-order valence-corrected chi connectivity index (χ0v) is 19.0. The van der Waals surface area contributed by atoms with Gasteiger partial charge in [0.2, 0.25) is 0 Å². The van der Waals surface area contributed by atoms with Gasteiger partial charge in [-0.05, 0) is 74.5 Å². The van der Waals surface area contributed by atoms with Crippen LogP contribution in [0.1, 0.15) is 59.8 Å². The van der Waals surface area contributed by atoms with E-state index in [1.54, 1.807) is 7.11 Å². The lowest BCUT2D eigenvalue weighted by atomic mass is 9.87. The Morgan fingerprint density at radius 2 is 2.03 bits per heavy atom. The van der Waals surface area contributed by atoms with E-state index in [1.807, 2.05) is 25.3 Å². The maximum Gasteiger partial charge on any atom is 0.251 e. The highest BCUT2D eigenvalue weighted by atomic mass is 16.5. The fraction of sp³-hybridized carbons (Fsp3) is 0.423. The summed E-state index contributed by atoms with van der Waals surface area (Å²) < 4.78 is 5.79. The van der Waals surface area contributed by atoms with E-state index in [0.717, 1.165) is 30.8 Å². The molecule has 0 bridgehead atoms. The quantitative estimate of drug-likeness (QED) is 0.577. The van der Waals surface area contributed by atoms with Gasteiger partial charge in [0.1, 0.15) is 5.75 Å². The molecule has 2 aromatic carbocycles. The maximum atomic E-state index is 12.1. The summed E-state index contributed by atoms with van der Waals surface area (Å²) in [7, 11) is 1.76.